The third-order valence-corrected chi connectivity index (χ3v) is 5.49. The Balaban J connectivity index is 1.60. The number of hydrogen-bond acceptors (Lipinski definition) is 7. The molecule has 0 bridgehead atoms. The number of thioether (sulfide) groups is 1. The van der Waals surface area contributed by atoms with Crippen LogP contribution in [0.4, 0.5) is 10.5 Å². The highest BCUT2D eigenvalue weighted by molar-refractivity contribution is 8.18. The lowest BCUT2D eigenvalue weighted by Crippen LogP contribution is -2.36. The number of methoxy groups -OCH3 is 1. The molecule has 1 saturated heterocycles. The number of amides is 3. The highest BCUT2D eigenvalue weighted by Crippen LogP contribution is 2.32. The van der Waals surface area contributed by atoms with Gasteiger partial charge >= 0.3 is 5.97 Å². The minimum Gasteiger partial charge on any atom is -0.482 e. The highest BCUT2D eigenvalue weighted by Gasteiger charge is 2.36. The normalized spacial score (nSPS) is 14.6. The Morgan fingerprint density at radius 3 is 2.38 bits per heavy atom. The van der Waals surface area contributed by atoms with Crippen molar-refractivity contribution < 1.29 is 28.7 Å². The smallest absolute Gasteiger partial charge is 0.343 e. The number of carbonyl (C=O) groups is 4. The number of carbonyl (C=O) groups excluding carboxylic acids is 4. The van der Waals surface area contributed by atoms with Crippen LogP contribution in [0.25, 0.3) is 6.08 Å². The van der Waals surface area contributed by atoms with Crippen molar-refractivity contribution >= 4 is 46.5 Å². The third-order valence-electron chi connectivity index (χ3n) is 4.58. The molecule has 0 aliphatic carbocycles. The topological polar surface area (TPSA) is 102 Å². The lowest BCUT2D eigenvalue weighted by atomic mass is 10.1. The van der Waals surface area contributed by atoms with Crippen LogP contribution in [-0.2, 0) is 25.5 Å². The molecule has 0 spiro atoms. The van der Waals surface area contributed by atoms with Gasteiger partial charge < -0.3 is 14.8 Å². The lowest BCUT2D eigenvalue weighted by molar-refractivity contribution is -0.142. The highest BCUT2D eigenvalue weighted by atomic mass is 32.2. The van der Waals surface area contributed by atoms with Gasteiger partial charge in [0, 0.05) is 5.69 Å². The molecule has 3 rings (SSSR count). The van der Waals surface area contributed by atoms with Gasteiger partial charge in [-0.3, -0.25) is 19.3 Å². The van der Waals surface area contributed by atoms with Gasteiger partial charge in [-0.05, 0) is 59.7 Å². The molecule has 1 N–H and O–H groups in total. The first kappa shape index (κ1) is 23.1. The standard InChI is InChI=1S/C23H22N2O6S/c1-3-15-4-8-17(9-5-15)24-20(26)13-25-22(28)19(32-23(25)29)12-16-6-10-18(11-7-16)31-14-21(27)30-2/h4-12H,3,13-14H2,1-2H3,(H,24,26)/b19-12-. The number of rotatable bonds is 8. The van der Waals surface area contributed by atoms with Crippen LogP contribution in [0.1, 0.15) is 18.1 Å². The van der Waals surface area contributed by atoms with Crippen molar-refractivity contribution in [2.24, 2.45) is 0 Å². The molecule has 0 unspecified atom stereocenters. The Morgan fingerprint density at radius 2 is 1.75 bits per heavy atom. The van der Waals surface area contributed by atoms with Gasteiger partial charge in [0.2, 0.25) is 5.91 Å². The zero-order valence-electron chi connectivity index (χ0n) is 17.6. The second kappa shape index (κ2) is 10.6. The van der Waals surface area contributed by atoms with Gasteiger partial charge in [-0.25, -0.2) is 4.79 Å². The van der Waals surface area contributed by atoms with Gasteiger partial charge in [0.1, 0.15) is 12.3 Å². The van der Waals surface area contributed by atoms with Gasteiger partial charge in [0.25, 0.3) is 11.1 Å². The molecule has 166 valence electrons. The van der Waals surface area contributed by atoms with Crippen LogP contribution >= 0.6 is 11.8 Å². The molecule has 1 heterocycles. The van der Waals surface area contributed by atoms with Crippen molar-refractivity contribution in [2.45, 2.75) is 13.3 Å². The summed E-state index contributed by atoms with van der Waals surface area (Å²) in [5.74, 6) is -1.01. The van der Waals surface area contributed by atoms with E-state index in [0.29, 0.717) is 17.0 Å². The Labute approximate surface area is 189 Å². The van der Waals surface area contributed by atoms with Crippen LogP contribution in [0, 0.1) is 0 Å². The minimum absolute atomic E-state index is 0.209. The number of anilines is 1. The number of nitrogens with one attached hydrogen (secondary N) is 1. The monoisotopic (exact) mass is 454 g/mol. The first-order valence-electron chi connectivity index (χ1n) is 9.83. The zero-order valence-corrected chi connectivity index (χ0v) is 18.4. The third kappa shape index (κ3) is 5.98. The van der Waals surface area contributed by atoms with Gasteiger partial charge in [0.05, 0.1) is 12.0 Å². The fourth-order valence-corrected chi connectivity index (χ4v) is 3.66. The Morgan fingerprint density at radius 1 is 1.06 bits per heavy atom. The van der Waals surface area contributed by atoms with Crippen molar-refractivity contribution in [1.29, 1.82) is 0 Å². The molecule has 3 amide bonds. The first-order valence-corrected chi connectivity index (χ1v) is 10.6. The SMILES string of the molecule is CCc1ccc(NC(=O)CN2C(=O)S/C(=C\c3ccc(OCC(=O)OC)cc3)C2=O)cc1. The Kier molecular flexibility index (Phi) is 7.67. The van der Waals surface area contributed by atoms with Crippen molar-refractivity contribution in [3.05, 3.63) is 64.6 Å². The maximum Gasteiger partial charge on any atom is 0.343 e. The number of imide groups is 1. The molecule has 0 saturated carbocycles. The molecule has 8 nitrogen and oxygen atoms in total. The van der Waals surface area contributed by atoms with E-state index in [-0.39, 0.29) is 18.1 Å². The summed E-state index contributed by atoms with van der Waals surface area (Å²) in [7, 11) is 1.27. The van der Waals surface area contributed by atoms with Crippen LogP contribution in [0.15, 0.2) is 53.4 Å². The summed E-state index contributed by atoms with van der Waals surface area (Å²) in [5, 5.41) is 2.19. The van der Waals surface area contributed by atoms with Gasteiger partial charge in [-0.1, -0.05) is 31.2 Å². The maximum atomic E-state index is 12.6. The number of nitrogens with zero attached hydrogens (tertiary/aromatic N) is 1. The maximum absolute atomic E-state index is 12.6. The molecule has 2 aromatic rings. The summed E-state index contributed by atoms with van der Waals surface area (Å²) >= 11 is 0.777. The van der Waals surface area contributed by atoms with Gasteiger partial charge in [-0.2, -0.15) is 0 Å². The van der Waals surface area contributed by atoms with Crippen molar-refractivity contribution in [1.82, 2.24) is 4.90 Å². The molecule has 0 atom stereocenters. The van der Waals surface area contributed by atoms with E-state index in [9.17, 15) is 19.2 Å². The quantitative estimate of drug-likeness (QED) is 0.481. The van der Waals surface area contributed by atoms with E-state index in [2.05, 4.69) is 10.1 Å². The number of aryl methyl sites for hydroxylation is 1. The first-order chi connectivity index (χ1) is 15.4. The summed E-state index contributed by atoms with van der Waals surface area (Å²) in [5.41, 5.74) is 2.41. The molecule has 2 aromatic carbocycles. The van der Waals surface area contributed by atoms with Crippen molar-refractivity contribution in [3.8, 4) is 5.75 Å². The fraction of sp³-hybridized carbons (Fsp3) is 0.217. The second-order valence-corrected chi connectivity index (χ2v) is 7.79. The number of ether oxygens (including phenoxy) is 2. The van der Waals surface area contributed by atoms with Gasteiger partial charge in [-0.15, -0.1) is 0 Å². The van der Waals surface area contributed by atoms with Crippen molar-refractivity contribution in [2.75, 3.05) is 25.6 Å². The summed E-state index contributed by atoms with van der Waals surface area (Å²) in [4.78, 5) is 49.5. The molecule has 1 aliphatic heterocycles. The second-order valence-electron chi connectivity index (χ2n) is 6.80. The summed E-state index contributed by atoms with van der Waals surface area (Å²) in [6.07, 6.45) is 2.46. The van der Waals surface area contributed by atoms with E-state index in [1.165, 1.54) is 7.11 Å². The average Bonchev–Trinajstić information content (AvgIpc) is 3.06. The lowest BCUT2D eigenvalue weighted by Gasteiger charge is -2.12. The van der Waals surface area contributed by atoms with E-state index in [0.717, 1.165) is 28.6 Å². The van der Waals surface area contributed by atoms with Crippen LogP contribution in [0.5, 0.6) is 5.75 Å². The molecule has 0 aromatic heterocycles. The van der Waals surface area contributed by atoms with E-state index < -0.39 is 23.0 Å². The molecule has 1 fully saturated rings. The number of esters is 1. The van der Waals surface area contributed by atoms with Crippen LogP contribution in [-0.4, -0.2) is 48.2 Å². The predicted molar refractivity (Wildman–Crippen MR) is 121 cm³/mol. The van der Waals surface area contributed by atoms with Crippen LogP contribution in [0.2, 0.25) is 0 Å². The molecular formula is C23H22N2O6S. The van der Waals surface area contributed by atoms with Gasteiger partial charge in [0.15, 0.2) is 6.61 Å². The molecule has 1 aliphatic rings. The summed E-state index contributed by atoms with van der Waals surface area (Å²) in [6, 6.07) is 14.0. The average molecular weight is 455 g/mol. The van der Waals surface area contributed by atoms with E-state index >= 15 is 0 Å². The largest absolute Gasteiger partial charge is 0.482 e. The minimum atomic E-state index is -0.525. The van der Waals surface area contributed by atoms with Crippen molar-refractivity contribution in [3.63, 3.8) is 0 Å². The zero-order chi connectivity index (χ0) is 23.1. The van der Waals surface area contributed by atoms with E-state index in [1.807, 2.05) is 19.1 Å². The molecular weight excluding hydrogens is 432 g/mol. The fourth-order valence-electron chi connectivity index (χ4n) is 2.82. The van der Waals surface area contributed by atoms with Crippen LogP contribution in [0.3, 0.4) is 0 Å². The number of benzene rings is 2. The van der Waals surface area contributed by atoms with E-state index in [1.54, 1.807) is 42.5 Å². The molecule has 9 heteroatoms. The Hall–Kier alpha value is -3.59. The summed E-state index contributed by atoms with van der Waals surface area (Å²) in [6.45, 7) is 1.46. The molecule has 32 heavy (non-hydrogen) atoms. The predicted octanol–water partition coefficient (Wildman–Crippen LogP) is 3.48. The Bertz CT molecular complexity index is 1050. The molecule has 0 radical (unpaired) electrons. The summed E-state index contributed by atoms with van der Waals surface area (Å²) < 4.78 is 9.78. The van der Waals surface area contributed by atoms with E-state index in [4.69, 9.17) is 4.74 Å². The van der Waals surface area contributed by atoms with Crippen LogP contribution < -0.4 is 10.1 Å². The number of hydrogen-bond donors (Lipinski definition) is 1.